The van der Waals surface area contributed by atoms with E-state index >= 15 is 0 Å². The van der Waals surface area contributed by atoms with Crippen LogP contribution in [0.2, 0.25) is 0 Å². The quantitative estimate of drug-likeness (QED) is 0.0684. The van der Waals surface area contributed by atoms with Crippen LogP contribution in [0.15, 0.2) is 66.9 Å². The molecule has 1 fully saturated rings. The van der Waals surface area contributed by atoms with Crippen molar-refractivity contribution in [3.05, 3.63) is 88.6 Å². The lowest BCUT2D eigenvalue weighted by Crippen LogP contribution is -2.54. The Morgan fingerprint density at radius 2 is 1.91 bits per heavy atom. The minimum Gasteiger partial charge on any atom is -0.490 e. The van der Waals surface area contributed by atoms with Crippen LogP contribution < -0.4 is 25.4 Å². The molecule has 6 rings (SSSR count). The molecule has 2 aliphatic heterocycles. The average Bonchev–Trinajstić information content (AvgIpc) is 3.70. The minimum absolute atomic E-state index is 0.00602. The Morgan fingerprint density at radius 3 is 2.69 bits per heavy atom. The highest BCUT2D eigenvalue weighted by Gasteiger charge is 2.46. The third-order valence-corrected chi connectivity index (χ3v) is 10.1. The third kappa shape index (κ3) is 9.18. The van der Waals surface area contributed by atoms with Crippen LogP contribution in [-0.2, 0) is 14.4 Å². The van der Waals surface area contributed by atoms with Crippen LogP contribution in [-0.4, -0.2) is 76.7 Å². The lowest BCUT2D eigenvalue weighted by Gasteiger charge is -2.27. The van der Waals surface area contributed by atoms with Gasteiger partial charge in [0.05, 0.1) is 27.4 Å². The number of ether oxygens (including phenoxy) is 2. The maximum absolute atomic E-state index is 13.2. The first kappa shape index (κ1) is 37.9. The molecule has 1 saturated heterocycles. The smallest absolute Gasteiger partial charge is 0.266 e. The van der Waals surface area contributed by atoms with Crippen molar-refractivity contribution in [2.75, 3.05) is 25.5 Å². The maximum Gasteiger partial charge on any atom is 0.266 e. The largest absolute Gasteiger partial charge is 0.490 e. The Labute approximate surface area is 316 Å². The summed E-state index contributed by atoms with van der Waals surface area (Å²) in [6.45, 7) is 2.23. The summed E-state index contributed by atoms with van der Waals surface area (Å²) in [6, 6.07) is 13.4. The number of amides is 5. The van der Waals surface area contributed by atoms with E-state index < -0.39 is 29.7 Å². The Balaban J connectivity index is 0.901. The van der Waals surface area contributed by atoms with E-state index in [2.05, 4.69) is 27.9 Å². The van der Waals surface area contributed by atoms with Crippen molar-refractivity contribution in [3.63, 3.8) is 0 Å². The Bertz CT molecular complexity index is 2090. The SMILES string of the molecule is CCC(CCCCCNC(=O)COc1cccc2c1C(=O)N(C1CCC(=O)NC1=O)C2=O)Oc1ccc2nc(/C=C/C=C/c3ccc(NC)nc3)sc2c1. The van der Waals surface area contributed by atoms with Crippen LogP contribution in [0.25, 0.3) is 22.4 Å². The molecule has 2 atom stereocenters. The number of rotatable bonds is 17. The van der Waals surface area contributed by atoms with Crippen molar-refractivity contribution in [2.45, 2.75) is 64.0 Å². The first-order chi connectivity index (χ1) is 26.2. The third-order valence-electron chi connectivity index (χ3n) is 9.13. The molecule has 13 nitrogen and oxygen atoms in total. The highest BCUT2D eigenvalue weighted by Crippen LogP contribution is 2.34. The summed E-state index contributed by atoms with van der Waals surface area (Å²) in [7, 11) is 1.84. The predicted molar refractivity (Wildman–Crippen MR) is 206 cm³/mol. The molecule has 0 bridgehead atoms. The van der Waals surface area contributed by atoms with Crippen molar-refractivity contribution in [2.24, 2.45) is 0 Å². The van der Waals surface area contributed by atoms with Gasteiger partial charge in [0, 0.05) is 26.2 Å². The summed E-state index contributed by atoms with van der Waals surface area (Å²) < 4.78 is 13.1. The van der Waals surface area contributed by atoms with E-state index in [0.29, 0.717) is 6.54 Å². The van der Waals surface area contributed by atoms with E-state index in [9.17, 15) is 24.0 Å². The summed E-state index contributed by atoms with van der Waals surface area (Å²) in [4.78, 5) is 72.6. The summed E-state index contributed by atoms with van der Waals surface area (Å²) in [6.07, 6.45) is 14.2. The second kappa shape index (κ2) is 17.8. The number of piperidine rings is 1. The molecule has 0 spiro atoms. The lowest BCUT2D eigenvalue weighted by atomic mass is 10.0. The van der Waals surface area contributed by atoms with Gasteiger partial charge in [-0.25, -0.2) is 9.97 Å². The number of nitrogens with one attached hydrogen (secondary N) is 3. The second-order valence-electron chi connectivity index (χ2n) is 12.9. The van der Waals surface area contributed by atoms with Gasteiger partial charge in [-0.1, -0.05) is 37.6 Å². The molecule has 4 heterocycles. The molecule has 4 aromatic rings. The molecule has 54 heavy (non-hydrogen) atoms. The summed E-state index contributed by atoms with van der Waals surface area (Å²) in [5.74, 6) is -1.09. The molecule has 3 N–H and O–H groups in total. The number of imide groups is 2. The van der Waals surface area contributed by atoms with Gasteiger partial charge >= 0.3 is 0 Å². The molecule has 280 valence electrons. The zero-order valence-electron chi connectivity index (χ0n) is 30.1. The number of thiazole rings is 1. The Hall–Kier alpha value is -5.89. The van der Waals surface area contributed by atoms with Gasteiger partial charge in [-0.2, -0.15) is 0 Å². The summed E-state index contributed by atoms with van der Waals surface area (Å²) in [5, 5.41) is 8.93. The number of anilines is 1. The van der Waals surface area contributed by atoms with Gasteiger partial charge in [-0.3, -0.25) is 34.2 Å². The molecule has 0 aliphatic carbocycles. The van der Waals surface area contributed by atoms with E-state index in [4.69, 9.17) is 14.5 Å². The fraction of sp³-hybridized carbons (Fsp3) is 0.325. The van der Waals surface area contributed by atoms with E-state index in [1.54, 1.807) is 17.4 Å². The molecule has 2 aliphatic rings. The van der Waals surface area contributed by atoms with Gasteiger partial charge in [0.1, 0.15) is 28.4 Å². The average molecular weight is 751 g/mol. The van der Waals surface area contributed by atoms with Crippen molar-refractivity contribution >= 4 is 69.1 Å². The minimum atomic E-state index is -1.08. The number of fused-ring (bicyclic) bond motifs is 2. The number of carbonyl (C=O) groups is 5. The van der Waals surface area contributed by atoms with Crippen LogP contribution in [0.1, 0.15) is 83.2 Å². The van der Waals surface area contributed by atoms with E-state index in [0.717, 1.165) is 69.4 Å². The fourth-order valence-corrected chi connectivity index (χ4v) is 7.17. The molecule has 0 radical (unpaired) electrons. The van der Waals surface area contributed by atoms with Gasteiger partial charge in [0.2, 0.25) is 11.8 Å². The molecule has 2 unspecified atom stereocenters. The summed E-state index contributed by atoms with van der Waals surface area (Å²) >= 11 is 1.61. The van der Waals surface area contributed by atoms with Crippen LogP contribution >= 0.6 is 11.3 Å². The van der Waals surface area contributed by atoms with Gasteiger partial charge in [0.25, 0.3) is 17.7 Å². The van der Waals surface area contributed by atoms with Gasteiger partial charge in [-0.15, -0.1) is 11.3 Å². The molecular formula is C40H42N6O7S. The van der Waals surface area contributed by atoms with Crippen molar-refractivity contribution in [1.29, 1.82) is 0 Å². The van der Waals surface area contributed by atoms with E-state index in [1.165, 1.54) is 12.1 Å². The molecule has 2 aromatic carbocycles. The molecule has 0 saturated carbocycles. The summed E-state index contributed by atoms with van der Waals surface area (Å²) in [5.41, 5.74) is 2.04. The molecule has 14 heteroatoms. The highest BCUT2D eigenvalue weighted by molar-refractivity contribution is 7.19. The number of carbonyl (C=O) groups excluding carboxylic acids is 5. The van der Waals surface area contributed by atoms with Gasteiger partial charge in [-0.05, 0) is 86.2 Å². The molecule has 2 aromatic heterocycles. The predicted octanol–water partition coefficient (Wildman–Crippen LogP) is 5.77. The number of hydrogen-bond acceptors (Lipinski definition) is 11. The molecular weight excluding hydrogens is 709 g/mol. The number of allylic oxidation sites excluding steroid dienone is 2. The molecule has 5 amide bonds. The number of aromatic nitrogens is 2. The Morgan fingerprint density at radius 1 is 1.06 bits per heavy atom. The zero-order chi connectivity index (χ0) is 38.0. The second-order valence-corrected chi connectivity index (χ2v) is 14.0. The Kier molecular flexibility index (Phi) is 12.4. The number of pyridine rings is 1. The zero-order valence-corrected chi connectivity index (χ0v) is 30.9. The number of nitrogens with zero attached hydrogens (tertiary/aromatic N) is 3. The maximum atomic E-state index is 13.2. The van der Waals surface area contributed by atoms with Crippen molar-refractivity contribution < 1.29 is 33.4 Å². The van der Waals surface area contributed by atoms with E-state index in [-0.39, 0.29) is 48.3 Å². The van der Waals surface area contributed by atoms with Crippen LogP contribution in [0.5, 0.6) is 11.5 Å². The highest BCUT2D eigenvalue weighted by atomic mass is 32.1. The first-order valence-electron chi connectivity index (χ1n) is 18.0. The van der Waals surface area contributed by atoms with Crippen LogP contribution in [0, 0.1) is 0 Å². The monoisotopic (exact) mass is 750 g/mol. The standard InChI is InChI=1S/C40H42N6O7S/c1-3-26(53-27-16-17-29-32(22-27)54-36(44-29)14-7-6-10-25-15-19-33(41-2)43-23-25)11-5-4-8-21-42-35(48)24-52-31-13-9-12-28-37(31)40(51)46(39(28)50)30-18-20-34(47)45-38(30)49/h6-7,9-10,12-17,19,22-23,26,30H,3-5,8,11,18,20-21,24H2,1-2H3,(H,41,43)(H,42,48)(H,45,47,49)/b10-6+,14-7+. The first-order valence-corrected chi connectivity index (χ1v) is 18.9. The fourth-order valence-electron chi connectivity index (χ4n) is 6.26. The van der Waals surface area contributed by atoms with Crippen molar-refractivity contribution in [1.82, 2.24) is 25.5 Å². The lowest BCUT2D eigenvalue weighted by molar-refractivity contribution is -0.136. The van der Waals surface area contributed by atoms with Gasteiger partial charge < -0.3 is 20.1 Å². The normalized spacial score (nSPS) is 16.3. The van der Waals surface area contributed by atoms with Crippen LogP contribution in [0.4, 0.5) is 5.82 Å². The number of hydrogen-bond donors (Lipinski definition) is 3. The van der Waals surface area contributed by atoms with Gasteiger partial charge in [0.15, 0.2) is 6.61 Å². The number of benzene rings is 2. The van der Waals surface area contributed by atoms with E-state index in [1.807, 2.05) is 67.9 Å². The number of unbranched alkanes of at least 4 members (excludes halogenated alkanes) is 2. The van der Waals surface area contributed by atoms with Crippen molar-refractivity contribution in [3.8, 4) is 11.5 Å². The van der Waals surface area contributed by atoms with Crippen LogP contribution in [0.3, 0.4) is 0 Å². The topological polar surface area (TPSA) is 169 Å².